The summed E-state index contributed by atoms with van der Waals surface area (Å²) in [6.45, 7) is 4.84. The zero-order valence-corrected chi connectivity index (χ0v) is 16.0. The molecule has 0 aliphatic heterocycles. The molecule has 28 heavy (non-hydrogen) atoms. The van der Waals surface area contributed by atoms with Gasteiger partial charge < -0.3 is 4.74 Å². The average Bonchev–Trinajstić information content (AvgIpc) is 3.19. The van der Waals surface area contributed by atoms with Crippen LogP contribution in [0.2, 0.25) is 0 Å². The first kappa shape index (κ1) is 17.9. The Labute approximate surface area is 164 Å². The van der Waals surface area contributed by atoms with Crippen molar-refractivity contribution in [3.8, 4) is 22.9 Å². The van der Waals surface area contributed by atoms with Gasteiger partial charge in [0.1, 0.15) is 11.5 Å². The van der Waals surface area contributed by atoms with Gasteiger partial charge in [0.05, 0.1) is 6.54 Å². The minimum Gasteiger partial charge on any atom is -0.457 e. The molecule has 0 radical (unpaired) electrons. The molecular formula is C23H22N4O. The molecule has 0 N–H and O–H groups in total. The maximum absolute atomic E-state index is 6.02. The minimum atomic E-state index is 0.486. The maximum atomic E-state index is 6.02. The van der Waals surface area contributed by atoms with E-state index in [4.69, 9.17) is 4.74 Å². The van der Waals surface area contributed by atoms with E-state index in [1.807, 2.05) is 66.7 Å². The third-order valence-electron chi connectivity index (χ3n) is 4.54. The summed E-state index contributed by atoms with van der Waals surface area (Å²) in [6.07, 6.45) is 0. The molecule has 0 saturated carbocycles. The van der Waals surface area contributed by atoms with Crippen LogP contribution >= 0.6 is 0 Å². The smallest absolute Gasteiger partial charge is 0.204 e. The van der Waals surface area contributed by atoms with Crippen molar-refractivity contribution < 1.29 is 4.74 Å². The van der Waals surface area contributed by atoms with Gasteiger partial charge in [0, 0.05) is 11.1 Å². The molecule has 3 aromatic carbocycles. The van der Waals surface area contributed by atoms with Crippen LogP contribution in [0.4, 0.5) is 0 Å². The lowest BCUT2D eigenvalue weighted by Crippen LogP contribution is -2.05. The van der Waals surface area contributed by atoms with Crippen molar-refractivity contribution in [2.45, 2.75) is 26.3 Å². The van der Waals surface area contributed by atoms with Gasteiger partial charge in [-0.15, -0.1) is 10.2 Å². The van der Waals surface area contributed by atoms with Crippen molar-refractivity contribution in [2.75, 3.05) is 0 Å². The van der Waals surface area contributed by atoms with Crippen LogP contribution in [0.3, 0.4) is 0 Å². The van der Waals surface area contributed by atoms with Crippen LogP contribution in [0.15, 0.2) is 78.9 Å². The minimum absolute atomic E-state index is 0.486. The van der Waals surface area contributed by atoms with E-state index < -0.39 is 0 Å². The Morgan fingerprint density at radius 3 is 2.32 bits per heavy atom. The molecule has 0 amide bonds. The molecule has 0 spiro atoms. The molecular weight excluding hydrogens is 348 g/mol. The van der Waals surface area contributed by atoms with Crippen molar-refractivity contribution in [2.24, 2.45) is 0 Å². The summed E-state index contributed by atoms with van der Waals surface area (Å²) in [5.41, 5.74) is 3.25. The SMILES string of the molecule is CC(C)c1ccc(-c2nnn(Cc3ccccc3Oc3ccccc3)n2)cc1. The lowest BCUT2D eigenvalue weighted by molar-refractivity contribution is 0.466. The van der Waals surface area contributed by atoms with Crippen LogP contribution in [0, 0.1) is 0 Å². The molecule has 0 bridgehead atoms. The van der Waals surface area contributed by atoms with Crippen molar-refractivity contribution in [1.82, 2.24) is 20.2 Å². The second-order valence-corrected chi connectivity index (χ2v) is 6.94. The highest BCUT2D eigenvalue weighted by atomic mass is 16.5. The second-order valence-electron chi connectivity index (χ2n) is 6.94. The van der Waals surface area contributed by atoms with E-state index in [2.05, 4.69) is 41.4 Å². The van der Waals surface area contributed by atoms with Gasteiger partial charge in [-0.1, -0.05) is 74.5 Å². The van der Waals surface area contributed by atoms with Gasteiger partial charge in [0.2, 0.25) is 5.82 Å². The molecule has 0 aliphatic carbocycles. The van der Waals surface area contributed by atoms with E-state index in [1.54, 1.807) is 4.80 Å². The van der Waals surface area contributed by atoms with Crippen LogP contribution < -0.4 is 4.74 Å². The van der Waals surface area contributed by atoms with Gasteiger partial charge in [-0.25, -0.2) is 0 Å². The molecule has 0 atom stereocenters. The van der Waals surface area contributed by atoms with E-state index in [0.717, 1.165) is 22.6 Å². The first-order valence-electron chi connectivity index (χ1n) is 9.38. The molecule has 4 aromatic rings. The predicted octanol–water partition coefficient (Wildman–Crippen LogP) is 5.30. The van der Waals surface area contributed by atoms with E-state index in [9.17, 15) is 0 Å². The van der Waals surface area contributed by atoms with E-state index in [1.165, 1.54) is 5.56 Å². The highest BCUT2D eigenvalue weighted by Crippen LogP contribution is 2.26. The number of aromatic nitrogens is 4. The summed E-state index contributed by atoms with van der Waals surface area (Å²) in [5.74, 6) is 2.71. The summed E-state index contributed by atoms with van der Waals surface area (Å²) >= 11 is 0. The molecule has 0 aliphatic rings. The zero-order chi connectivity index (χ0) is 19.3. The summed E-state index contributed by atoms with van der Waals surface area (Å²) in [6, 6.07) is 26.0. The molecule has 0 saturated heterocycles. The highest BCUT2D eigenvalue weighted by Gasteiger charge is 2.10. The Bertz CT molecular complexity index is 1040. The lowest BCUT2D eigenvalue weighted by atomic mass is 10.0. The Kier molecular flexibility index (Phi) is 5.15. The molecule has 1 heterocycles. The van der Waals surface area contributed by atoms with Gasteiger partial charge in [0.25, 0.3) is 0 Å². The molecule has 0 fully saturated rings. The Morgan fingerprint density at radius 2 is 1.57 bits per heavy atom. The van der Waals surface area contributed by atoms with Gasteiger partial charge in [0.15, 0.2) is 0 Å². The standard InChI is InChI=1S/C23H22N4O/c1-17(2)18-12-14-19(15-13-18)23-24-26-27(25-23)16-20-8-6-7-11-22(20)28-21-9-4-3-5-10-21/h3-15,17H,16H2,1-2H3. The molecule has 5 nitrogen and oxygen atoms in total. The van der Waals surface area contributed by atoms with E-state index in [-0.39, 0.29) is 0 Å². The number of tetrazole rings is 1. The summed E-state index contributed by atoms with van der Waals surface area (Å²) < 4.78 is 6.02. The largest absolute Gasteiger partial charge is 0.457 e. The predicted molar refractivity (Wildman–Crippen MR) is 109 cm³/mol. The Hall–Kier alpha value is -3.47. The molecule has 1 aromatic heterocycles. The number of benzene rings is 3. The molecule has 5 heteroatoms. The number of hydrogen-bond acceptors (Lipinski definition) is 4. The lowest BCUT2D eigenvalue weighted by Gasteiger charge is -2.10. The van der Waals surface area contributed by atoms with Gasteiger partial charge in [-0.3, -0.25) is 0 Å². The fourth-order valence-electron chi connectivity index (χ4n) is 2.94. The topological polar surface area (TPSA) is 52.8 Å². The zero-order valence-electron chi connectivity index (χ0n) is 16.0. The molecule has 4 rings (SSSR count). The molecule has 0 unspecified atom stereocenters. The Balaban J connectivity index is 1.53. The first-order valence-corrected chi connectivity index (χ1v) is 9.38. The van der Waals surface area contributed by atoms with Crippen molar-refractivity contribution in [3.05, 3.63) is 90.0 Å². The van der Waals surface area contributed by atoms with E-state index in [0.29, 0.717) is 18.3 Å². The Morgan fingerprint density at radius 1 is 0.857 bits per heavy atom. The van der Waals surface area contributed by atoms with E-state index >= 15 is 0 Å². The maximum Gasteiger partial charge on any atom is 0.204 e. The number of hydrogen-bond donors (Lipinski definition) is 0. The van der Waals surface area contributed by atoms with Gasteiger partial charge in [-0.05, 0) is 34.9 Å². The summed E-state index contributed by atoms with van der Waals surface area (Å²) in [4.78, 5) is 1.60. The van der Waals surface area contributed by atoms with Crippen molar-refractivity contribution in [3.63, 3.8) is 0 Å². The second kappa shape index (κ2) is 8.05. The van der Waals surface area contributed by atoms with Crippen molar-refractivity contribution >= 4 is 0 Å². The fraction of sp³-hybridized carbons (Fsp3) is 0.174. The number of para-hydroxylation sites is 2. The summed E-state index contributed by atoms with van der Waals surface area (Å²) in [5, 5.41) is 13.0. The highest BCUT2D eigenvalue weighted by molar-refractivity contribution is 5.54. The average molecular weight is 370 g/mol. The monoisotopic (exact) mass is 370 g/mol. The van der Waals surface area contributed by atoms with Crippen molar-refractivity contribution in [1.29, 1.82) is 0 Å². The van der Waals surface area contributed by atoms with Crippen LogP contribution in [-0.4, -0.2) is 20.2 Å². The third-order valence-corrected chi connectivity index (χ3v) is 4.54. The van der Waals surface area contributed by atoms with Crippen LogP contribution in [0.1, 0.15) is 30.9 Å². The van der Waals surface area contributed by atoms with Crippen LogP contribution in [0.25, 0.3) is 11.4 Å². The quantitative estimate of drug-likeness (QED) is 0.462. The van der Waals surface area contributed by atoms with Crippen LogP contribution in [-0.2, 0) is 6.54 Å². The number of nitrogens with zero attached hydrogens (tertiary/aromatic N) is 4. The normalized spacial score (nSPS) is 11.0. The van der Waals surface area contributed by atoms with Crippen LogP contribution in [0.5, 0.6) is 11.5 Å². The number of rotatable bonds is 6. The summed E-state index contributed by atoms with van der Waals surface area (Å²) in [7, 11) is 0. The molecule has 140 valence electrons. The first-order chi connectivity index (χ1) is 13.7. The fourth-order valence-corrected chi connectivity index (χ4v) is 2.94. The number of ether oxygens (including phenoxy) is 1. The third kappa shape index (κ3) is 4.09. The van der Waals surface area contributed by atoms with Gasteiger partial charge >= 0.3 is 0 Å². The van der Waals surface area contributed by atoms with Gasteiger partial charge in [-0.2, -0.15) is 4.80 Å².